The molecule has 2 aromatic carbocycles. The molecule has 24 heavy (non-hydrogen) atoms. The first-order valence-corrected chi connectivity index (χ1v) is 7.71. The fourth-order valence-electron chi connectivity index (χ4n) is 2.14. The minimum Gasteiger partial charge on any atom is -0.460 e. The number of para-hydroxylation sites is 1. The van der Waals surface area contributed by atoms with E-state index in [2.05, 4.69) is 5.32 Å². The van der Waals surface area contributed by atoms with Crippen molar-refractivity contribution in [2.75, 3.05) is 5.32 Å². The van der Waals surface area contributed by atoms with Gasteiger partial charge in [0.2, 0.25) is 5.91 Å². The molecule has 0 saturated heterocycles. The van der Waals surface area contributed by atoms with Gasteiger partial charge in [-0.25, -0.2) is 0 Å². The number of carbonyl (C=O) groups excluding carboxylic acids is 3. The van der Waals surface area contributed by atoms with Crippen LogP contribution in [0.25, 0.3) is 0 Å². The largest absolute Gasteiger partial charge is 0.460 e. The van der Waals surface area contributed by atoms with E-state index in [0.717, 1.165) is 5.56 Å². The molecule has 0 atom stereocenters. The molecule has 2 rings (SSSR count). The monoisotopic (exact) mass is 325 g/mol. The Kier molecular flexibility index (Phi) is 6.25. The number of amides is 1. The summed E-state index contributed by atoms with van der Waals surface area (Å²) in [4.78, 5) is 35.6. The van der Waals surface area contributed by atoms with Crippen LogP contribution in [-0.2, 0) is 20.9 Å². The van der Waals surface area contributed by atoms with E-state index in [-0.39, 0.29) is 12.4 Å². The molecule has 0 spiro atoms. The molecule has 0 aliphatic rings. The Hall–Kier alpha value is -2.95. The third kappa shape index (κ3) is 5.05. The van der Waals surface area contributed by atoms with E-state index in [1.54, 1.807) is 31.2 Å². The molecule has 0 aromatic heterocycles. The van der Waals surface area contributed by atoms with Gasteiger partial charge in [0.25, 0.3) is 0 Å². The van der Waals surface area contributed by atoms with Gasteiger partial charge in [-0.1, -0.05) is 49.4 Å². The van der Waals surface area contributed by atoms with E-state index in [9.17, 15) is 14.4 Å². The number of hydrogen-bond acceptors (Lipinski definition) is 4. The van der Waals surface area contributed by atoms with Crippen molar-refractivity contribution in [3.05, 3.63) is 65.7 Å². The number of nitrogens with one attached hydrogen (secondary N) is 1. The van der Waals surface area contributed by atoms with Crippen LogP contribution in [0.15, 0.2) is 54.6 Å². The molecule has 2 aromatic rings. The molecule has 0 saturated carbocycles. The summed E-state index contributed by atoms with van der Waals surface area (Å²) >= 11 is 0. The fraction of sp³-hybridized carbons (Fsp3) is 0.211. The summed E-state index contributed by atoms with van der Waals surface area (Å²) in [7, 11) is 0. The van der Waals surface area contributed by atoms with Crippen LogP contribution in [0, 0.1) is 0 Å². The van der Waals surface area contributed by atoms with Crippen LogP contribution in [-0.4, -0.2) is 17.7 Å². The van der Waals surface area contributed by atoms with Crippen molar-refractivity contribution < 1.29 is 19.1 Å². The Morgan fingerprint density at radius 3 is 2.33 bits per heavy atom. The predicted octanol–water partition coefficient (Wildman–Crippen LogP) is 3.35. The van der Waals surface area contributed by atoms with Crippen LogP contribution in [0.3, 0.4) is 0 Å². The zero-order valence-corrected chi connectivity index (χ0v) is 13.5. The van der Waals surface area contributed by atoms with Crippen molar-refractivity contribution in [3.63, 3.8) is 0 Å². The lowest BCUT2D eigenvalue weighted by molar-refractivity contribution is -0.146. The number of esters is 1. The van der Waals surface area contributed by atoms with Crippen molar-refractivity contribution in [2.24, 2.45) is 0 Å². The van der Waals surface area contributed by atoms with Crippen LogP contribution in [0.5, 0.6) is 0 Å². The zero-order valence-electron chi connectivity index (χ0n) is 13.5. The summed E-state index contributed by atoms with van der Waals surface area (Å²) in [6.45, 7) is 1.87. The number of benzene rings is 2. The number of Topliss-reactive ketones (excluding diaryl/α,β-unsaturated/α-hetero) is 1. The number of carbonyl (C=O) groups is 3. The summed E-state index contributed by atoms with van der Waals surface area (Å²) < 4.78 is 5.07. The van der Waals surface area contributed by atoms with Crippen LogP contribution in [0.4, 0.5) is 5.69 Å². The van der Waals surface area contributed by atoms with Gasteiger partial charge >= 0.3 is 5.97 Å². The quantitative estimate of drug-likeness (QED) is 0.481. The molecule has 0 unspecified atom stereocenters. The van der Waals surface area contributed by atoms with E-state index in [4.69, 9.17) is 4.74 Å². The number of anilines is 1. The number of ether oxygens (including phenoxy) is 1. The van der Waals surface area contributed by atoms with Crippen molar-refractivity contribution in [3.8, 4) is 0 Å². The molecule has 1 N–H and O–H groups in total. The first-order valence-electron chi connectivity index (χ1n) is 7.71. The molecule has 0 bridgehead atoms. The molecule has 1 amide bonds. The molecular weight excluding hydrogens is 306 g/mol. The van der Waals surface area contributed by atoms with Gasteiger partial charge in [-0.3, -0.25) is 14.4 Å². The lowest BCUT2D eigenvalue weighted by Gasteiger charge is -2.10. The van der Waals surface area contributed by atoms with E-state index in [0.29, 0.717) is 17.7 Å². The maximum absolute atomic E-state index is 12.0. The van der Waals surface area contributed by atoms with Crippen molar-refractivity contribution in [1.82, 2.24) is 0 Å². The maximum Gasteiger partial charge on any atom is 0.315 e. The lowest BCUT2D eigenvalue weighted by Crippen LogP contribution is -2.19. The first kappa shape index (κ1) is 17.4. The van der Waals surface area contributed by atoms with Gasteiger partial charge in [0.15, 0.2) is 5.78 Å². The second-order valence-corrected chi connectivity index (χ2v) is 5.19. The van der Waals surface area contributed by atoms with Gasteiger partial charge < -0.3 is 10.1 Å². The molecule has 5 heteroatoms. The number of hydrogen-bond donors (Lipinski definition) is 1. The molecule has 0 fully saturated rings. The van der Waals surface area contributed by atoms with Crippen LogP contribution in [0.1, 0.15) is 35.7 Å². The van der Waals surface area contributed by atoms with Gasteiger partial charge in [0.05, 0.1) is 5.69 Å². The number of ketones is 1. The normalized spacial score (nSPS) is 10.0. The topological polar surface area (TPSA) is 72.5 Å². The third-order valence-corrected chi connectivity index (χ3v) is 3.37. The first-order chi connectivity index (χ1) is 11.6. The van der Waals surface area contributed by atoms with Crippen LogP contribution < -0.4 is 5.32 Å². The van der Waals surface area contributed by atoms with Crippen LogP contribution >= 0.6 is 0 Å². The lowest BCUT2D eigenvalue weighted by atomic mass is 10.1. The van der Waals surface area contributed by atoms with E-state index < -0.39 is 18.3 Å². The van der Waals surface area contributed by atoms with E-state index in [1.165, 1.54) is 0 Å². The molecule has 0 aliphatic heterocycles. The highest BCUT2D eigenvalue weighted by atomic mass is 16.5. The van der Waals surface area contributed by atoms with Gasteiger partial charge in [-0.2, -0.15) is 0 Å². The molecule has 0 aliphatic carbocycles. The van der Waals surface area contributed by atoms with Gasteiger partial charge in [-0.05, 0) is 17.7 Å². The highest BCUT2D eigenvalue weighted by molar-refractivity contribution is 6.07. The average molecular weight is 325 g/mol. The molecular formula is C19H19NO4. The highest BCUT2D eigenvalue weighted by Gasteiger charge is 2.15. The highest BCUT2D eigenvalue weighted by Crippen LogP contribution is 2.17. The smallest absolute Gasteiger partial charge is 0.315 e. The maximum atomic E-state index is 12.0. The predicted molar refractivity (Wildman–Crippen MR) is 90.5 cm³/mol. The van der Waals surface area contributed by atoms with Gasteiger partial charge in [-0.15, -0.1) is 0 Å². The van der Waals surface area contributed by atoms with E-state index in [1.807, 2.05) is 30.3 Å². The minimum absolute atomic E-state index is 0.0717. The average Bonchev–Trinajstić information content (AvgIpc) is 2.60. The van der Waals surface area contributed by atoms with Crippen LogP contribution in [0.2, 0.25) is 0 Å². The Morgan fingerprint density at radius 2 is 1.62 bits per heavy atom. The Bertz CT molecular complexity index is 725. The summed E-state index contributed by atoms with van der Waals surface area (Å²) in [5.74, 6) is -1.20. The van der Waals surface area contributed by atoms with Gasteiger partial charge in [0.1, 0.15) is 13.0 Å². The van der Waals surface area contributed by atoms with Crippen molar-refractivity contribution >= 4 is 23.3 Å². The van der Waals surface area contributed by atoms with Crippen molar-refractivity contribution in [1.29, 1.82) is 0 Å². The molecule has 0 heterocycles. The zero-order chi connectivity index (χ0) is 17.4. The summed E-state index contributed by atoms with van der Waals surface area (Å²) in [6, 6.07) is 16.0. The second kappa shape index (κ2) is 8.62. The van der Waals surface area contributed by atoms with Gasteiger partial charge in [0, 0.05) is 12.0 Å². The standard InChI is InChI=1S/C19H19NO4/c1-2-17(21)15-10-6-7-11-16(15)20-18(22)12-19(23)24-13-14-8-4-3-5-9-14/h3-11H,2,12-13H2,1H3,(H,20,22). The molecule has 5 nitrogen and oxygen atoms in total. The van der Waals surface area contributed by atoms with Crippen molar-refractivity contribution in [2.45, 2.75) is 26.4 Å². The Labute approximate surface area is 140 Å². The molecule has 0 radical (unpaired) electrons. The minimum atomic E-state index is -0.615. The number of rotatable bonds is 7. The summed E-state index contributed by atoms with van der Waals surface area (Å²) in [6.07, 6.45) is -0.0620. The fourth-order valence-corrected chi connectivity index (χ4v) is 2.14. The summed E-state index contributed by atoms with van der Waals surface area (Å²) in [5.41, 5.74) is 1.70. The second-order valence-electron chi connectivity index (χ2n) is 5.19. The molecule has 124 valence electrons. The summed E-state index contributed by atoms with van der Waals surface area (Å²) in [5, 5.41) is 2.59. The Balaban J connectivity index is 1.89. The Morgan fingerprint density at radius 1 is 0.958 bits per heavy atom. The SMILES string of the molecule is CCC(=O)c1ccccc1NC(=O)CC(=O)OCc1ccccc1. The third-order valence-electron chi connectivity index (χ3n) is 3.37. The van der Waals surface area contributed by atoms with E-state index >= 15 is 0 Å².